The number of nitrogens with zero attached hydrogens (tertiary/aromatic N) is 1. The van der Waals surface area contributed by atoms with Crippen LogP contribution in [0.15, 0.2) is 11.4 Å². The van der Waals surface area contributed by atoms with Crippen LogP contribution in [-0.2, 0) is 20.9 Å². The maximum absolute atomic E-state index is 11.4. The number of hydrogen-bond donors (Lipinski definition) is 0. The zero-order chi connectivity index (χ0) is 11.4. The van der Waals surface area contributed by atoms with Crippen LogP contribution < -0.4 is 0 Å². The maximum atomic E-state index is 11.4. The molecule has 1 aromatic rings. The average molecular weight is 227 g/mol. The second kappa shape index (κ2) is 4.93. The Hall–Kier alpha value is -1.36. The van der Waals surface area contributed by atoms with Gasteiger partial charge in [-0.1, -0.05) is 0 Å². The van der Waals surface area contributed by atoms with E-state index in [1.54, 1.807) is 18.4 Å². The summed E-state index contributed by atoms with van der Waals surface area (Å²) in [6, 6.07) is 1.98. The maximum Gasteiger partial charge on any atom is 0.396 e. The Balaban J connectivity index is 2.64. The summed E-state index contributed by atoms with van der Waals surface area (Å²) in [6.07, 6.45) is 0. The second-order valence-electron chi connectivity index (χ2n) is 3.18. The quantitative estimate of drug-likeness (QED) is 0.563. The van der Waals surface area contributed by atoms with Crippen LogP contribution in [0, 0.1) is 6.92 Å². The normalized spacial score (nSPS) is 9.80. The van der Waals surface area contributed by atoms with E-state index < -0.39 is 11.9 Å². The fraction of sp³-hybridized carbons (Fsp3) is 0.400. The van der Waals surface area contributed by atoms with E-state index in [1.807, 2.05) is 18.4 Å². The predicted octanol–water partition coefficient (Wildman–Crippen LogP) is 1.19. The van der Waals surface area contributed by atoms with E-state index in [0.717, 1.165) is 10.4 Å². The van der Waals surface area contributed by atoms with Crippen molar-refractivity contribution >= 4 is 23.2 Å². The number of aryl methyl sites for hydroxylation is 1. The summed E-state index contributed by atoms with van der Waals surface area (Å²) < 4.78 is 4.36. The lowest BCUT2D eigenvalue weighted by atomic mass is 10.3. The number of esters is 1. The Kier molecular flexibility index (Phi) is 3.85. The van der Waals surface area contributed by atoms with Gasteiger partial charge in [-0.2, -0.15) is 0 Å². The molecule has 5 heteroatoms. The highest BCUT2D eigenvalue weighted by molar-refractivity contribution is 7.10. The van der Waals surface area contributed by atoms with E-state index in [9.17, 15) is 9.59 Å². The summed E-state index contributed by atoms with van der Waals surface area (Å²) >= 11 is 1.57. The van der Waals surface area contributed by atoms with Gasteiger partial charge in [0.25, 0.3) is 0 Å². The third kappa shape index (κ3) is 2.79. The van der Waals surface area contributed by atoms with Gasteiger partial charge in [-0.25, -0.2) is 4.79 Å². The van der Waals surface area contributed by atoms with Crippen LogP contribution in [0.2, 0.25) is 0 Å². The van der Waals surface area contributed by atoms with Gasteiger partial charge in [-0.05, 0) is 23.9 Å². The third-order valence-corrected chi connectivity index (χ3v) is 3.06. The number of likely N-dealkylation sites (N-methyl/N-ethyl adjacent to an activating group) is 1. The van der Waals surface area contributed by atoms with Crippen LogP contribution in [0.5, 0.6) is 0 Å². The van der Waals surface area contributed by atoms with Crippen LogP contribution in [-0.4, -0.2) is 30.9 Å². The SMILES string of the molecule is COC(=O)C(=O)N(C)Cc1sccc1C. The lowest BCUT2D eigenvalue weighted by molar-refractivity contribution is -0.157. The lowest BCUT2D eigenvalue weighted by Crippen LogP contribution is -2.33. The molecule has 0 aliphatic rings. The zero-order valence-corrected chi connectivity index (χ0v) is 9.76. The number of amides is 1. The van der Waals surface area contributed by atoms with Crippen molar-refractivity contribution in [3.05, 3.63) is 21.9 Å². The molecule has 0 aliphatic carbocycles. The number of thiophene rings is 1. The molecule has 0 spiro atoms. The monoisotopic (exact) mass is 227 g/mol. The van der Waals surface area contributed by atoms with Crippen LogP contribution in [0.3, 0.4) is 0 Å². The summed E-state index contributed by atoms with van der Waals surface area (Å²) in [4.78, 5) is 24.8. The predicted molar refractivity (Wildman–Crippen MR) is 57.5 cm³/mol. The molecule has 1 rings (SSSR count). The number of hydrogen-bond acceptors (Lipinski definition) is 4. The highest BCUT2D eigenvalue weighted by Gasteiger charge is 2.19. The minimum atomic E-state index is -0.827. The molecule has 0 atom stereocenters. The summed E-state index contributed by atoms with van der Waals surface area (Å²) in [5.41, 5.74) is 1.13. The first-order valence-electron chi connectivity index (χ1n) is 4.42. The van der Waals surface area contributed by atoms with Gasteiger partial charge in [0.2, 0.25) is 0 Å². The van der Waals surface area contributed by atoms with E-state index in [0.29, 0.717) is 6.54 Å². The van der Waals surface area contributed by atoms with Gasteiger partial charge in [0, 0.05) is 11.9 Å². The fourth-order valence-corrected chi connectivity index (χ4v) is 2.05. The van der Waals surface area contributed by atoms with Crippen LogP contribution in [0.25, 0.3) is 0 Å². The number of ether oxygens (including phenoxy) is 1. The highest BCUT2D eigenvalue weighted by Crippen LogP contribution is 2.17. The molecule has 1 amide bonds. The first-order chi connectivity index (χ1) is 7.06. The van der Waals surface area contributed by atoms with Gasteiger partial charge in [0.05, 0.1) is 13.7 Å². The van der Waals surface area contributed by atoms with Crippen molar-refractivity contribution in [1.82, 2.24) is 4.90 Å². The summed E-state index contributed by atoms with van der Waals surface area (Å²) in [5.74, 6) is -1.45. The molecular weight excluding hydrogens is 214 g/mol. The van der Waals surface area contributed by atoms with E-state index in [-0.39, 0.29) is 0 Å². The first kappa shape index (κ1) is 11.7. The Bertz CT molecular complexity index is 372. The van der Waals surface area contributed by atoms with Crippen LogP contribution in [0.1, 0.15) is 10.4 Å². The van der Waals surface area contributed by atoms with Gasteiger partial charge >= 0.3 is 11.9 Å². The molecule has 82 valence electrons. The largest absolute Gasteiger partial charge is 0.462 e. The lowest BCUT2D eigenvalue weighted by Gasteiger charge is -2.14. The van der Waals surface area contributed by atoms with Gasteiger partial charge < -0.3 is 9.64 Å². The highest BCUT2D eigenvalue weighted by atomic mass is 32.1. The molecule has 0 saturated heterocycles. The first-order valence-corrected chi connectivity index (χ1v) is 5.30. The molecule has 0 aromatic carbocycles. The molecule has 0 aliphatic heterocycles. The second-order valence-corrected chi connectivity index (χ2v) is 4.18. The number of methoxy groups -OCH3 is 1. The minimum absolute atomic E-state index is 0.442. The zero-order valence-electron chi connectivity index (χ0n) is 8.94. The van der Waals surface area contributed by atoms with Crippen LogP contribution in [0.4, 0.5) is 0 Å². The van der Waals surface area contributed by atoms with Crippen molar-refractivity contribution in [2.24, 2.45) is 0 Å². The van der Waals surface area contributed by atoms with Gasteiger partial charge in [-0.15, -0.1) is 11.3 Å². The number of carbonyl (C=O) groups is 2. The summed E-state index contributed by atoms with van der Waals surface area (Å²) in [6.45, 7) is 2.42. The van der Waals surface area contributed by atoms with Crippen molar-refractivity contribution in [3.63, 3.8) is 0 Å². The van der Waals surface area contributed by atoms with E-state index in [1.165, 1.54) is 12.0 Å². The van der Waals surface area contributed by atoms with E-state index in [2.05, 4.69) is 4.74 Å². The van der Waals surface area contributed by atoms with Crippen molar-refractivity contribution in [3.8, 4) is 0 Å². The number of carbonyl (C=O) groups excluding carboxylic acids is 2. The Morgan fingerprint density at radius 1 is 1.53 bits per heavy atom. The van der Waals surface area contributed by atoms with Gasteiger partial charge in [0.15, 0.2) is 0 Å². The Morgan fingerprint density at radius 3 is 2.67 bits per heavy atom. The summed E-state index contributed by atoms with van der Waals surface area (Å²) in [5, 5.41) is 1.96. The standard InChI is InChI=1S/C10H13NO3S/c1-7-4-5-15-8(7)6-11(2)9(12)10(13)14-3/h4-5H,6H2,1-3H3. The van der Waals surface area contributed by atoms with Crippen molar-refractivity contribution in [2.45, 2.75) is 13.5 Å². The summed E-state index contributed by atoms with van der Waals surface area (Å²) in [7, 11) is 2.78. The van der Waals surface area contributed by atoms with Gasteiger partial charge in [-0.3, -0.25) is 4.79 Å². The third-order valence-electron chi connectivity index (χ3n) is 2.06. The molecule has 0 fully saturated rings. The fourth-order valence-electron chi connectivity index (χ4n) is 1.10. The smallest absolute Gasteiger partial charge is 0.396 e. The van der Waals surface area contributed by atoms with E-state index >= 15 is 0 Å². The van der Waals surface area contributed by atoms with Crippen LogP contribution >= 0.6 is 11.3 Å². The van der Waals surface area contributed by atoms with Crippen molar-refractivity contribution in [1.29, 1.82) is 0 Å². The molecule has 0 unspecified atom stereocenters. The molecule has 0 radical (unpaired) electrons. The van der Waals surface area contributed by atoms with Gasteiger partial charge in [0.1, 0.15) is 0 Å². The molecule has 15 heavy (non-hydrogen) atoms. The molecule has 1 heterocycles. The number of rotatable bonds is 2. The van der Waals surface area contributed by atoms with Crippen molar-refractivity contribution in [2.75, 3.05) is 14.2 Å². The Labute approximate surface area is 92.5 Å². The molecule has 0 N–H and O–H groups in total. The average Bonchev–Trinajstić information content (AvgIpc) is 2.62. The topological polar surface area (TPSA) is 46.6 Å². The van der Waals surface area contributed by atoms with E-state index in [4.69, 9.17) is 0 Å². The van der Waals surface area contributed by atoms with Crippen molar-refractivity contribution < 1.29 is 14.3 Å². The minimum Gasteiger partial charge on any atom is -0.462 e. The molecule has 0 bridgehead atoms. The molecule has 1 aromatic heterocycles. The molecule has 4 nitrogen and oxygen atoms in total. The Morgan fingerprint density at radius 2 is 2.20 bits per heavy atom. The molecule has 0 saturated carbocycles. The molecular formula is C10H13NO3S.